The zero-order valence-electron chi connectivity index (χ0n) is 15.1. The number of nitrogens with zero attached hydrogens (tertiary/aromatic N) is 1. The van der Waals surface area contributed by atoms with Crippen molar-refractivity contribution in [3.63, 3.8) is 0 Å². The first-order valence-corrected chi connectivity index (χ1v) is 9.07. The molecular weight excluding hydrogens is 298 g/mol. The lowest BCUT2D eigenvalue weighted by molar-refractivity contribution is -0.210. The average molecular weight is 327 g/mol. The standard InChI is InChI=1S/C21H29NO2/c1-5-13-22-20(19(23)16-9-7-6-8-10-16)24-18-14-15(2)11-12-17(18)21(22,3)4/h5-10,15,17-18,20H,1,11-14H2,2-4H3/t15-,17-,18-,20+/m1/s1. The lowest BCUT2D eigenvalue weighted by atomic mass is 9.69. The third-order valence-corrected chi connectivity index (χ3v) is 5.90. The highest BCUT2D eigenvalue weighted by Gasteiger charge is 2.51. The van der Waals surface area contributed by atoms with Crippen molar-refractivity contribution < 1.29 is 9.53 Å². The number of fused-ring (bicyclic) bond motifs is 1. The summed E-state index contributed by atoms with van der Waals surface area (Å²) in [5, 5.41) is 0. The largest absolute Gasteiger partial charge is 0.352 e. The predicted molar refractivity (Wildman–Crippen MR) is 96.9 cm³/mol. The van der Waals surface area contributed by atoms with E-state index in [1.165, 1.54) is 12.8 Å². The van der Waals surface area contributed by atoms with Gasteiger partial charge in [-0.1, -0.05) is 49.8 Å². The van der Waals surface area contributed by atoms with Gasteiger partial charge in [-0.15, -0.1) is 6.58 Å². The Morgan fingerprint density at radius 3 is 2.71 bits per heavy atom. The van der Waals surface area contributed by atoms with Crippen LogP contribution in [0, 0.1) is 11.8 Å². The van der Waals surface area contributed by atoms with Crippen molar-refractivity contribution in [3.05, 3.63) is 48.6 Å². The molecule has 1 saturated carbocycles. The highest BCUT2D eigenvalue weighted by molar-refractivity contribution is 5.99. The van der Waals surface area contributed by atoms with Crippen LogP contribution < -0.4 is 0 Å². The van der Waals surface area contributed by atoms with Crippen molar-refractivity contribution in [1.29, 1.82) is 0 Å². The van der Waals surface area contributed by atoms with E-state index in [0.29, 0.717) is 18.4 Å². The van der Waals surface area contributed by atoms with E-state index in [4.69, 9.17) is 4.74 Å². The molecule has 1 aliphatic heterocycles. The molecule has 3 heteroatoms. The van der Waals surface area contributed by atoms with E-state index in [-0.39, 0.29) is 17.4 Å². The van der Waals surface area contributed by atoms with Crippen LogP contribution in [0.15, 0.2) is 43.0 Å². The predicted octanol–water partition coefficient (Wildman–Crippen LogP) is 4.30. The van der Waals surface area contributed by atoms with Crippen LogP contribution in [-0.2, 0) is 4.74 Å². The number of rotatable bonds is 4. The van der Waals surface area contributed by atoms with Crippen LogP contribution in [0.3, 0.4) is 0 Å². The number of ketones is 1. The average Bonchev–Trinajstić information content (AvgIpc) is 2.57. The molecule has 3 rings (SSSR count). The minimum atomic E-state index is -0.521. The molecule has 2 aliphatic rings. The van der Waals surface area contributed by atoms with Crippen LogP contribution >= 0.6 is 0 Å². The molecule has 24 heavy (non-hydrogen) atoms. The summed E-state index contributed by atoms with van der Waals surface area (Å²) in [5.41, 5.74) is 0.640. The Bertz CT molecular complexity index is 595. The Morgan fingerprint density at radius 2 is 2.04 bits per heavy atom. The van der Waals surface area contributed by atoms with E-state index in [1.54, 1.807) is 0 Å². The number of ether oxygens (including phenoxy) is 1. The molecule has 3 nitrogen and oxygen atoms in total. The van der Waals surface area contributed by atoms with Gasteiger partial charge in [-0.3, -0.25) is 9.69 Å². The van der Waals surface area contributed by atoms with Crippen molar-refractivity contribution >= 4 is 5.78 Å². The summed E-state index contributed by atoms with van der Waals surface area (Å²) in [6.45, 7) is 11.4. The fourth-order valence-electron chi connectivity index (χ4n) is 4.46. The fourth-order valence-corrected chi connectivity index (χ4v) is 4.46. The SMILES string of the molecule is C=CCN1[C@H](C(=O)c2ccccc2)O[C@@H]2C[C@H](C)CC[C@H]2C1(C)C. The van der Waals surface area contributed by atoms with Crippen LogP contribution in [0.5, 0.6) is 0 Å². The summed E-state index contributed by atoms with van der Waals surface area (Å²) in [6, 6.07) is 9.50. The van der Waals surface area contributed by atoms with Gasteiger partial charge in [0, 0.05) is 23.6 Å². The van der Waals surface area contributed by atoms with Crippen molar-refractivity contribution in [3.8, 4) is 0 Å². The number of hydrogen-bond acceptors (Lipinski definition) is 3. The first-order valence-electron chi connectivity index (χ1n) is 9.07. The van der Waals surface area contributed by atoms with Gasteiger partial charge in [0.25, 0.3) is 0 Å². The Hall–Kier alpha value is -1.45. The summed E-state index contributed by atoms with van der Waals surface area (Å²) >= 11 is 0. The molecule has 1 aliphatic carbocycles. The summed E-state index contributed by atoms with van der Waals surface area (Å²) < 4.78 is 6.41. The van der Waals surface area contributed by atoms with E-state index in [0.717, 1.165) is 12.0 Å². The second-order valence-electron chi connectivity index (χ2n) is 7.88. The highest BCUT2D eigenvalue weighted by atomic mass is 16.5. The number of hydrogen-bond donors (Lipinski definition) is 0. The first-order chi connectivity index (χ1) is 11.4. The monoisotopic (exact) mass is 327 g/mol. The van der Waals surface area contributed by atoms with Crippen LogP contribution in [0.4, 0.5) is 0 Å². The number of benzene rings is 1. The van der Waals surface area contributed by atoms with Crippen molar-refractivity contribution in [2.24, 2.45) is 11.8 Å². The maximum atomic E-state index is 13.1. The lowest BCUT2D eigenvalue weighted by Crippen LogP contribution is -2.66. The normalized spacial score (nSPS) is 32.8. The molecule has 0 aromatic heterocycles. The molecule has 1 aromatic carbocycles. The molecule has 0 bridgehead atoms. The zero-order chi connectivity index (χ0) is 17.3. The molecule has 130 valence electrons. The van der Waals surface area contributed by atoms with Crippen molar-refractivity contribution in [2.45, 2.75) is 57.9 Å². The van der Waals surface area contributed by atoms with Gasteiger partial charge in [-0.05, 0) is 32.6 Å². The van der Waals surface area contributed by atoms with Gasteiger partial charge < -0.3 is 4.74 Å². The zero-order valence-corrected chi connectivity index (χ0v) is 15.1. The summed E-state index contributed by atoms with van der Waals surface area (Å²) in [7, 11) is 0. The third-order valence-electron chi connectivity index (χ3n) is 5.90. The minimum Gasteiger partial charge on any atom is -0.352 e. The van der Waals surface area contributed by atoms with Crippen LogP contribution in [-0.4, -0.2) is 35.1 Å². The maximum absolute atomic E-state index is 13.1. The third kappa shape index (κ3) is 3.07. The molecule has 0 amide bonds. The summed E-state index contributed by atoms with van der Waals surface area (Å²) in [5.74, 6) is 1.19. The van der Waals surface area contributed by atoms with E-state index in [9.17, 15) is 4.79 Å². The number of carbonyl (C=O) groups is 1. The molecule has 1 aromatic rings. The van der Waals surface area contributed by atoms with Gasteiger partial charge in [-0.2, -0.15) is 0 Å². The van der Waals surface area contributed by atoms with E-state index >= 15 is 0 Å². The van der Waals surface area contributed by atoms with Gasteiger partial charge in [0.1, 0.15) is 0 Å². The highest BCUT2D eigenvalue weighted by Crippen LogP contribution is 2.45. The van der Waals surface area contributed by atoms with Crippen molar-refractivity contribution in [1.82, 2.24) is 4.90 Å². The molecule has 2 fully saturated rings. The second-order valence-corrected chi connectivity index (χ2v) is 7.88. The Morgan fingerprint density at radius 1 is 1.33 bits per heavy atom. The van der Waals surface area contributed by atoms with Crippen molar-refractivity contribution in [2.75, 3.05) is 6.54 Å². The van der Waals surface area contributed by atoms with E-state index < -0.39 is 6.23 Å². The summed E-state index contributed by atoms with van der Waals surface area (Å²) in [6.07, 6.45) is 4.98. The van der Waals surface area contributed by atoms with Gasteiger partial charge in [0.05, 0.1) is 6.10 Å². The number of Topliss-reactive ketones (excluding diaryl/α,β-unsaturated/α-hetero) is 1. The summed E-state index contributed by atoms with van der Waals surface area (Å²) in [4.78, 5) is 15.3. The molecule has 0 N–H and O–H groups in total. The number of carbonyl (C=O) groups excluding carboxylic acids is 1. The molecule has 0 spiro atoms. The fraction of sp³-hybridized carbons (Fsp3) is 0.571. The van der Waals surface area contributed by atoms with Gasteiger partial charge >= 0.3 is 0 Å². The smallest absolute Gasteiger partial charge is 0.206 e. The van der Waals surface area contributed by atoms with E-state index in [1.807, 2.05) is 36.4 Å². The second kappa shape index (κ2) is 6.81. The minimum absolute atomic E-state index is 0.0576. The lowest BCUT2D eigenvalue weighted by Gasteiger charge is -2.56. The van der Waals surface area contributed by atoms with Crippen LogP contribution in [0.25, 0.3) is 0 Å². The topological polar surface area (TPSA) is 29.5 Å². The molecule has 1 saturated heterocycles. The Labute approximate surface area is 145 Å². The van der Waals surface area contributed by atoms with Gasteiger partial charge in [0.15, 0.2) is 6.23 Å². The molecule has 4 atom stereocenters. The van der Waals surface area contributed by atoms with Crippen LogP contribution in [0.2, 0.25) is 0 Å². The van der Waals surface area contributed by atoms with Crippen LogP contribution in [0.1, 0.15) is 50.4 Å². The molecule has 0 unspecified atom stereocenters. The molecule has 1 heterocycles. The molecule has 0 radical (unpaired) electrons. The van der Waals surface area contributed by atoms with Gasteiger partial charge in [0.2, 0.25) is 5.78 Å². The van der Waals surface area contributed by atoms with Gasteiger partial charge in [-0.25, -0.2) is 0 Å². The maximum Gasteiger partial charge on any atom is 0.206 e. The van der Waals surface area contributed by atoms with E-state index in [2.05, 4.69) is 32.3 Å². The Kier molecular flexibility index (Phi) is 4.93. The Balaban J connectivity index is 1.93. The molecular formula is C21H29NO2. The first kappa shape index (κ1) is 17.4. The quantitative estimate of drug-likeness (QED) is 0.610.